The zero-order valence-corrected chi connectivity index (χ0v) is 10.3. The van der Waals surface area contributed by atoms with E-state index in [0.717, 1.165) is 12.8 Å². The molecule has 0 rings (SSSR count). The average Bonchev–Trinajstić information content (AvgIpc) is 1.97. The van der Waals surface area contributed by atoms with Gasteiger partial charge in [0.15, 0.2) is 0 Å². The van der Waals surface area contributed by atoms with E-state index >= 15 is 0 Å². The molecule has 2 nitrogen and oxygen atoms in total. The number of ether oxygens (including phenoxy) is 1. The molecule has 0 fully saturated rings. The summed E-state index contributed by atoms with van der Waals surface area (Å²) in [7, 11) is 0. The van der Waals surface area contributed by atoms with Gasteiger partial charge in [-0.25, -0.2) is 0 Å². The minimum Gasteiger partial charge on any atom is -0.391 e. The molecule has 0 aromatic rings. The fourth-order valence-corrected chi connectivity index (χ4v) is 1.56. The lowest BCUT2D eigenvalue weighted by Gasteiger charge is -2.22. The van der Waals surface area contributed by atoms with Crippen molar-refractivity contribution in [3.63, 3.8) is 0 Å². The smallest absolute Gasteiger partial charge is 0.0745 e. The van der Waals surface area contributed by atoms with Gasteiger partial charge in [-0.1, -0.05) is 27.7 Å². The third-order valence-corrected chi connectivity index (χ3v) is 2.04. The van der Waals surface area contributed by atoms with Crippen molar-refractivity contribution in [2.45, 2.75) is 59.7 Å². The summed E-state index contributed by atoms with van der Waals surface area (Å²) in [6.07, 6.45) is 2.14. The molecular formula is C12H26O2. The number of hydrogen-bond acceptors (Lipinski definition) is 2. The normalized spacial score (nSPS) is 14.4. The molecule has 0 saturated carbocycles. The van der Waals surface area contributed by atoms with Crippen molar-refractivity contribution in [1.29, 1.82) is 0 Å². The summed E-state index contributed by atoms with van der Waals surface area (Å²) in [5.74, 6) is 1.32. The van der Waals surface area contributed by atoms with E-state index in [1.54, 1.807) is 6.92 Å². The molecule has 1 N–H and O–H groups in total. The number of hydrogen-bond donors (Lipinski definition) is 1. The molecule has 0 aliphatic carbocycles. The molecule has 0 spiro atoms. The Morgan fingerprint density at radius 3 is 1.64 bits per heavy atom. The second-order valence-electron chi connectivity index (χ2n) is 5.06. The predicted octanol–water partition coefficient (Wildman–Crippen LogP) is 2.84. The van der Waals surface area contributed by atoms with E-state index < -0.39 is 0 Å². The molecule has 1 atom stereocenters. The fraction of sp³-hybridized carbons (Fsp3) is 1.00. The molecule has 2 heteroatoms. The van der Waals surface area contributed by atoms with Crippen molar-refractivity contribution in [3.8, 4) is 0 Å². The first-order valence-corrected chi connectivity index (χ1v) is 5.71. The van der Waals surface area contributed by atoms with Crippen LogP contribution in [0.5, 0.6) is 0 Å². The molecule has 0 bridgehead atoms. The second kappa shape index (κ2) is 7.24. The van der Waals surface area contributed by atoms with Crippen LogP contribution in [0.1, 0.15) is 47.5 Å². The molecule has 0 aromatic heterocycles. The van der Waals surface area contributed by atoms with Crippen LogP contribution in [0.25, 0.3) is 0 Å². The highest BCUT2D eigenvalue weighted by atomic mass is 16.5. The monoisotopic (exact) mass is 202 g/mol. The highest BCUT2D eigenvalue weighted by Crippen LogP contribution is 2.16. The van der Waals surface area contributed by atoms with Crippen LogP contribution in [-0.4, -0.2) is 23.9 Å². The topological polar surface area (TPSA) is 29.5 Å². The van der Waals surface area contributed by atoms with Gasteiger partial charge < -0.3 is 9.84 Å². The first kappa shape index (κ1) is 13.9. The number of rotatable bonds is 7. The maximum Gasteiger partial charge on any atom is 0.0745 e. The van der Waals surface area contributed by atoms with E-state index in [0.29, 0.717) is 24.5 Å². The van der Waals surface area contributed by atoms with Crippen molar-refractivity contribution < 1.29 is 9.84 Å². The molecule has 0 radical (unpaired) electrons. The minimum absolute atomic E-state index is 0.310. The lowest BCUT2D eigenvalue weighted by atomic mass is 9.98. The van der Waals surface area contributed by atoms with Crippen molar-refractivity contribution in [2.75, 3.05) is 6.61 Å². The quantitative estimate of drug-likeness (QED) is 0.688. The summed E-state index contributed by atoms with van der Waals surface area (Å²) >= 11 is 0. The molecule has 0 aliphatic rings. The van der Waals surface area contributed by atoms with Crippen molar-refractivity contribution in [1.82, 2.24) is 0 Å². The Balaban J connectivity index is 3.84. The number of aliphatic hydroxyl groups is 1. The van der Waals surface area contributed by atoms with Crippen molar-refractivity contribution >= 4 is 0 Å². The Hall–Kier alpha value is -0.0800. The average molecular weight is 202 g/mol. The zero-order chi connectivity index (χ0) is 11.1. The van der Waals surface area contributed by atoms with Gasteiger partial charge in [0.25, 0.3) is 0 Å². The molecule has 86 valence electrons. The van der Waals surface area contributed by atoms with Crippen LogP contribution in [0.2, 0.25) is 0 Å². The SMILES string of the molecule is CC(C)CC(CC(C)C)OCC(C)O. The van der Waals surface area contributed by atoms with Crippen LogP contribution in [0.3, 0.4) is 0 Å². The first-order valence-electron chi connectivity index (χ1n) is 5.71. The lowest BCUT2D eigenvalue weighted by Crippen LogP contribution is -2.22. The van der Waals surface area contributed by atoms with Gasteiger partial charge in [0, 0.05) is 0 Å². The summed E-state index contributed by atoms with van der Waals surface area (Å²) in [5, 5.41) is 9.14. The van der Waals surface area contributed by atoms with E-state index in [9.17, 15) is 0 Å². The highest BCUT2D eigenvalue weighted by Gasteiger charge is 2.14. The second-order valence-corrected chi connectivity index (χ2v) is 5.06. The van der Waals surface area contributed by atoms with Gasteiger partial charge in [0.2, 0.25) is 0 Å². The molecule has 1 unspecified atom stereocenters. The Kier molecular flexibility index (Phi) is 7.20. The van der Waals surface area contributed by atoms with E-state index in [2.05, 4.69) is 27.7 Å². The summed E-state index contributed by atoms with van der Waals surface area (Å²) < 4.78 is 5.68. The third-order valence-electron chi connectivity index (χ3n) is 2.04. The predicted molar refractivity (Wildman–Crippen MR) is 60.3 cm³/mol. The maximum atomic E-state index is 9.14. The first-order chi connectivity index (χ1) is 6.41. The zero-order valence-electron chi connectivity index (χ0n) is 10.3. The van der Waals surface area contributed by atoms with Crippen LogP contribution in [0.15, 0.2) is 0 Å². The Bertz CT molecular complexity index is 120. The van der Waals surface area contributed by atoms with Crippen molar-refractivity contribution in [3.05, 3.63) is 0 Å². The maximum absolute atomic E-state index is 9.14. The van der Waals surface area contributed by atoms with Gasteiger partial charge >= 0.3 is 0 Å². The summed E-state index contributed by atoms with van der Waals surface area (Å²) in [6, 6.07) is 0. The van der Waals surface area contributed by atoms with E-state index in [-0.39, 0.29) is 6.10 Å². The van der Waals surface area contributed by atoms with Crippen LogP contribution in [0.4, 0.5) is 0 Å². The van der Waals surface area contributed by atoms with E-state index in [1.165, 1.54) is 0 Å². The Labute approximate surface area is 88.7 Å². The van der Waals surface area contributed by atoms with E-state index in [1.807, 2.05) is 0 Å². The third kappa shape index (κ3) is 8.52. The van der Waals surface area contributed by atoms with Gasteiger partial charge in [0.1, 0.15) is 0 Å². The standard InChI is InChI=1S/C12H26O2/c1-9(2)6-12(7-10(3)4)14-8-11(5)13/h9-13H,6-8H2,1-5H3. The fourth-order valence-electron chi connectivity index (χ4n) is 1.56. The molecule has 0 aliphatic heterocycles. The van der Waals surface area contributed by atoms with Gasteiger partial charge in [-0.3, -0.25) is 0 Å². The lowest BCUT2D eigenvalue weighted by molar-refractivity contribution is -0.0197. The summed E-state index contributed by atoms with van der Waals surface area (Å²) in [6.45, 7) is 11.1. The summed E-state index contributed by atoms with van der Waals surface area (Å²) in [5.41, 5.74) is 0. The molecule has 0 saturated heterocycles. The van der Waals surface area contributed by atoms with Gasteiger partial charge in [-0.15, -0.1) is 0 Å². The van der Waals surface area contributed by atoms with Gasteiger partial charge in [-0.05, 0) is 31.6 Å². The van der Waals surface area contributed by atoms with Crippen molar-refractivity contribution in [2.24, 2.45) is 11.8 Å². The summed E-state index contributed by atoms with van der Waals surface area (Å²) in [4.78, 5) is 0. The van der Waals surface area contributed by atoms with Crippen LogP contribution in [0, 0.1) is 11.8 Å². The Morgan fingerprint density at radius 1 is 0.929 bits per heavy atom. The molecule has 0 amide bonds. The molecular weight excluding hydrogens is 176 g/mol. The number of aliphatic hydroxyl groups excluding tert-OH is 1. The Morgan fingerprint density at radius 2 is 1.36 bits per heavy atom. The molecule has 14 heavy (non-hydrogen) atoms. The highest BCUT2D eigenvalue weighted by molar-refractivity contribution is 4.64. The van der Waals surface area contributed by atoms with Crippen LogP contribution < -0.4 is 0 Å². The largest absolute Gasteiger partial charge is 0.391 e. The minimum atomic E-state index is -0.350. The molecule has 0 aromatic carbocycles. The van der Waals surface area contributed by atoms with Crippen LogP contribution >= 0.6 is 0 Å². The molecule has 0 heterocycles. The van der Waals surface area contributed by atoms with E-state index in [4.69, 9.17) is 9.84 Å². The van der Waals surface area contributed by atoms with Crippen LogP contribution in [-0.2, 0) is 4.74 Å². The van der Waals surface area contributed by atoms with Gasteiger partial charge in [-0.2, -0.15) is 0 Å². The van der Waals surface area contributed by atoms with Gasteiger partial charge in [0.05, 0.1) is 18.8 Å².